The fraction of sp³-hybridized carbons (Fsp3) is 0.333. The zero-order valence-electron chi connectivity index (χ0n) is 13.4. The second-order valence-electron chi connectivity index (χ2n) is 5.31. The van der Waals surface area contributed by atoms with Gasteiger partial charge in [0.05, 0.1) is 25.8 Å². The molecule has 0 atom stereocenters. The van der Waals surface area contributed by atoms with Crippen LogP contribution in [-0.4, -0.2) is 65.9 Å². The highest BCUT2D eigenvalue weighted by Gasteiger charge is 2.34. The lowest BCUT2D eigenvalue weighted by Crippen LogP contribution is -2.33. The third-order valence-corrected chi connectivity index (χ3v) is 3.87. The molecule has 1 aromatic carbocycles. The third kappa shape index (κ3) is 3.43. The molecule has 0 aliphatic carbocycles. The van der Waals surface area contributed by atoms with Crippen molar-refractivity contribution in [3.8, 4) is 0 Å². The highest BCUT2D eigenvalue weighted by molar-refractivity contribution is 6.59. The summed E-state index contributed by atoms with van der Waals surface area (Å²) in [5, 5.41) is 30.7. The average Bonchev–Trinajstić information content (AvgIpc) is 2.85. The molecule has 2 rings (SSSR count). The molecule has 24 heavy (non-hydrogen) atoms. The smallest absolute Gasteiger partial charge is 0.466 e. The number of rotatable bonds is 6. The Hall–Kier alpha value is -2.36. The number of carbonyl (C=O) groups is 2. The van der Waals surface area contributed by atoms with Crippen LogP contribution in [0.4, 0.5) is 5.69 Å². The van der Waals surface area contributed by atoms with E-state index in [0.717, 1.165) is 0 Å². The number of aliphatic hydroxyl groups excluding tert-OH is 1. The fourth-order valence-corrected chi connectivity index (χ4v) is 2.55. The minimum absolute atomic E-state index is 0.0375. The van der Waals surface area contributed by atoms with E-state index in [-0.39, 0.29) is 36.4 Å². The molecule has 1 aliphatic heterocycles. The van der Waals surface area contributed by atoms with Gasteiger partial charge in [0.15, 0.2) is 0 Å². The topological polar surface area (TPSA) is 119 Å². The van der Waals surface area contributed by atoms with E-state index in [9.17, 15) is 19.6 Å². The minimum atomic E-state index is -1.65. The van der Waals surface area contributed by atoms with Gasteiger partial charge in [-0.1, -0.05) is 12.1 Å². The molecule has 0 unspecified atom stereocenters. The van der Waals surface area contributed by atoms with Gasteiger partial charge in [0, 0.05) is 12.2 Å². The van der Waals surface area contributed by atoms with Crippen LogP contribution in [0.15, 0.2) is 29.5 Å². The van der Waals surface area contributed by atoms with E-state index in [1.165, 1.54) is 12.0 Å². The summed E-state index contributed by atoms with van der Waals surface area (Å²) in [7, 11) is -0.425. The maximum absolute atomic E-state index is 12.4. The molecule has 0 radical (unpaired) electrons. The molecule has 1 aliphatic rings. The van der Waals surface area contributed by atoms with Gasteiger partial charge in [0.25, 0.3) is 5.91 Å². The van der Waals surface area contributed by atoms with Gasteiger partial charge in [-0.05, 0) is 24.0 Å². The molecule has 0 aromatic heterocycles. The van der Waals surface area contributed by atoms with Crippen molar-refractivity contribution in [2.24, 2.45) is 0 Å². The number of nitrogens with one attached hydrogen (secondary N) is 1. The monoisotopic (exact) mass is 334 g/mol. The first-order valence-electron chi connectivity index (χ1n) is 7.35. The highest BCUT2D eigenvalue weighted by atomic mass is 16.5. The Kier molecular flexibility index (Phi) is 5.60. The Morgan fingerprint density at radius 1 is 1.42 bits per heavy atom. The lowest BCUT2D eigenvalue weighted by atomic mass is 9.77. The number of aliphatic hydroxyl groups is 1. The minimum Gasteiger partial charge on any atom is -0.466 e. The Labute approximate surface area is 139 Å². The molecule has 128 valence electrons. The predicted molar refractivity (Wildman–Crippen MR) is 87.3 cm³/mol. The number of anilines is 1. The van der Waals surface area contributed by atoms with Crippen molar-refractivity contribution >= 4 is 30.1 Å². The molecule has 0 saturated heterocycles. The fourth-order valence-electron chi connectivity index (χ4n) is 2.55. The largest absolute Gasteiger partial charge is 0.488 e. The van der Waals surface area contributed by atoms with E-state index < -0.39 is 19.0 Å². The molecule has 0 spiro atoms. The van der Waals surface area contributed by atoms with Gasteiger partial charge in [-0.2, -0.15) is 0 Å². The molecule has 4 N–H and O–H groups in total. The van der Waals surface area contributed by atoms with E-state index in [2.05, 4.69) is 5.32 Å². The van der Waals surface area contributed by atoms with E-state index in [1.807, 2.05) is 0 Å². The van der Waals surface area contributed by atoms with Crippen LogP contribution in [0.3, 0.4) is 0 Å². The summed E-state index contributed by atoms with van der Waals surface area (Å²) >= 11 is 0. The zero-order valence-corrected chi connectivity index (χ0v) is 13.4. The summed E-state index contributed by atoms with van der Waals surface area (Å²) in [5.41, 5.74) is 1.51. The summed E-state index contributed by atoms with van der Waals surface area (Å²) in [6.45, 7) is 1.58. The molecule has 1 aromatic rings. The number of methoxy groups -OCH3 is 1. The normalized spacial score (nSPS) is 14.2. The molecule has 0 saturated carbocycles. The maximum Gasteiger partial charge on any atom is 0.488 e. The lowest BCUT2D eigenvalue weighted by Gasteiger charge is -2.16. The lowest BCUT2D eigenvalue weighted by molar-refractivity contribution is -0.136. The van der Waals surface area contributed by atoms with Gasteiger partial charge in [0.2, 0.25) is 0 Å². The standard InChI is InChI=1S/C15H19BN2O6/c1-9-11(16(22)23)4-3-5-12(9)17-13-10(15(21)24-2)8-18(6-7-19)14(13)20/h3-5,17,19,22-23H,6-8H2,1-2H3. The van der Waals surface area contributed by atoms with Crippen LogP contribution in [0.25, 0.3) is 0 Å². The van der Waals surface area contributed by atoms with Gasteiger partial charge in [-0.3, -0.25) is 4.79 Å². The summed E-state index contributed by atoms with van der Waals surface area (Å²) < 4.78 is 4.71. The van der Waals surface area contributed by atoms with Crippen LogP contribution in [0.5, 0.6) is 0 Å². The van der Waals surface area contributed by atoms with Crippen molar-refractivity contribution < 1.29 is 29.5 Å². The van der Waals surface area contributed by atoms with Crippen molar-refractivity contribution in [3.63, 3.8) is 0 Å². The van der Waals surface area contributed by atoms with E-state index in [0.29, 0.717) is 11.3 Å². The Bertz CT molecular complexity index is 689. The predicted octanol–water partition coefficient (Wildman–Crippen LogP) is -1.65. The SMILES string of the molecule is COC(=O)C1=C(Nc2cccc(B(O)O)c2C)C(=O)N(CCO)C1. The second kappa shape index (κ2) is 7.48. The van der Waals surface area contributed by atoms with Crippen molar-refractivity contribution in [2.45, 2.75) is 6.92 Å². The molecule has 9 heteroatoms. The zero-order chi connectivity index (χ0) is 17.9. The quantitative estimate of drug-likeness (QED) is 0.363. The molecule has 8 nitrogen and oxygen atoms in total. The van der Waals surface area contributed by atoms with Gasteiger partial charge in [0.1, 0.15) is 5.70 Å². The van der Waals surface area contributed by atoms with Crippen molar-refractivity contribution in [2.75, 3.05) is 32.1 Å². The van der Waals surface area contributed by atoms with Gasteiger partial charge >= 0.3 is 13.1 Å². The molecule has 1 heterocycles. The number of amides is 1. The number of carbonyl (C=O) groups excluding carboxylic acids is 2. The summed E-state index contributed by atoms with van der Waals surface area (Å²) in [4.78, 5) is 25.7. The molecular formula is C15H19BN2O6. The molecule has 1 amide bonds. The maximum atomic E-state index is 12.4. The Balaban J connectivity index is 2.39. The molecule has 0 fully saturated rings. The molecule has 0 bridgehead atoms. The van der Waals surface area contributed by atoms with Gasteiger partial charge in [-0.25, -0.2) is 4.79 Å². The number of esters is 1. The number of β-amino-alcohol motifs (C(OH)–C–C–N with tert-alkyl or cyclic N) is 1. The van der Waals surface area contributed by atoms with Crippen LogP contribution in [-0.2, 0) is 14.3 Å². The van der Waals surface area contributed by atoms with Crippen LogP contribution in [0.1, 0.15) is 5.56 Å². The number of nitrogens with zero attached hydrogens (tertiary/aromatic N) is 1. The van der Waals surface area contributed by atoms with E-state index in [1.54, 1.807) is 25.1 Å². The second-order valence-corrected chi connectivity index (χ2v) is 5.31. The highest BCUT2D eigenvalue weighted by Crippen LogP contribution is 2.24. The molecular weight excluding hydrogens is 315 g/mol. The Morgan fingerprint density at radius 3 is 2.71 bits per heavy atom. The summed E-state index contributed by atoms with van der Waals surface area (Å²) in [5.74, 6) is -1.07. The van der Waals surface area contributed by atoms with Gasteiger partial charge < -0.3 is 30.1 Å². The summed E-state index contributed by atoms with van der Waals surface area (Å²) in [6, 6.07) is 4.81. The van der Waals surface area contributed by atoms with Crippen molar-refractivity contribution in [1.29, 1.82) is 0 Å². The Morgan fingerprint density at radius 2 is 2.12 bits per heavy atom. The van der Waals surface area contributed by atoms with Crippen molar-refractivity contribution in [1.82, 2.24) is 4.90 Å². The van der Waals surface area contributed by atoms with Crippen LogP contribution < -0.4 is 10.8 Å². The number of benzene rings is 1. The van der Waals surface area contributed by atoms with Crippen molar-refractivity contribution in [3.05, 3.63) is 35.0 Å². The first kappa shape index (κ1) is 18.0. The number of ether oxygens (including phenoxy) is 1. The average molecular weight is 334 g/mol. The van der Waals surface area contributed by atoms with Gasteiger partial charge in [-0.15, -0.1) is 0 Å². The third-order valence-electron chi connectivity index (χ3n) is 3.87. The van der Waals surface area contributed by atoms with Crippen LogP contribution in [0, 0.1) is 6.92 Å². The first-order chi connectivity index (χ1) is 11.4. The first-order valence-corrected chi connectivity index (χ1v) is 7.35. The number of hydrogen-bond donors (Lipinski definition) is 4. The van der Waals surface area contributed by atoms with Crippen LogP contribution >= 0.6 is 0 Å². The van der Waals surface area contributed by atoms with E-state index in [4.69, 9.17) is 9.84 Å². The van der Waals surface area contributed by atoms with E-state index >= 15 is 0 Å². The number of hydrogen-bond acceptors (Lipinski definition) is 7. The van der Waals surface area contributed by atoms with Crippen LogP contribution in [0.2, 0.25) is 0 Å². The summed E-state index contributed by atoms with van der Waals surface area (Å²) in [6.07, 6.45) is 0.